The summed E-state index contributed by atoms with van der Waals surface area (Å²) in [6, 6.07) is 6.36. The number of non-ortho nitro benzene ring substituents is 1. The van der Waals surface area contributed by atoms with Gasteiger partial charge < -0.3 is 9.84 Å². The van der Waals surface area contributed by atoms with Gasteiger partial charge in [0.25, 0.3) is 11.6 Å². The molecule has 1 unspecified atom stereocenters. The number of nitrogens with one attached hydrogen (secondary N) is 1. The zero-order chi connectivity index (χ0) is 13.8. The van der Waals surface area contributed by atoms with E-state index in [4.69, 9.17) is 4.52 Å². The Morgan fingerprint density at radius 3 is 2.90 bits per heavy atom. The number of likely N-dealkylation sites (N-methyl/N-ethyl adjacent to an activating group) is 1. The second-order valence-corrected chi connectivity index (χ2v) is 4.22. The summed E-state index contributed by atoms with van der Waals surface area (Å²) >= 11 is 0. The van der Waals surface area contributed by atoms with E-state index in [9.17, 15) is 10.1 Å². The van der Waals surface area contributed by atoms with Crippen molar-refractivity contribution in [1.29, 1.82) is 0 Å². The maximum absolute atomic E-state index is 10.7. The van der Waals surface area contributed by atoms with Gasteiger partial charge in [-0.05, 0) is 20.0 Å². The van der Waals surface area contributed by atoms with Crippen LogP contribution < -0.4 is 5.32 Å². The Kier molecular flexibility index (Phi) is 5.60. The summed E-state index contributed by atoms with van der Waals surface area (Å²) < 4.78 is 5.12. The van der Waals surface area contributed by atoms with Crippen LogP contribution >= 0.6 is 12.4 Å². The summed E-state index contributed by atoms with van der Waals surface area (Å²) in [4.78, 5) is 14.5. The van der Waals surface area contributed by atoms with E-state index >= 15 is 0 Å². The zero-order valence-electron chi connectivity index (χ0n) is 11.1. The highest BCUT2D eigenvalue weighted by Crippen LogP contribution is 2.22. The number of nitro groups is 1. The van der Waals surface area contributed by atoms with Crippen LogP contribution in [0.4, 0.5) is 5.69 Å². The summed E-state index contributed by atoms with van der Waals surface area (Å²) in [5, 5.41) is 17.6. The van der Waals surface area contributed by atoms with Gasteiger partial charge in [0.2, 0.25) is 0 Å². The lowest BCUT2D eigenvalue weighted by Gasteiger charge is -2.04. The lowest BCUT2D eigenvalue weighted by Crippen LogP contribution is -2.24. The number of hydrogen-bond donors (Lipinski definition) is 1. The van der Waals surface area contributed by atoms with Gasteiger partial charge in [0, 0.05) is 30.2 Å². The van der Waals surface area contributed by atoms with E-state index in [0.717, 1.165) is 0 Å². The van der Waals surface area contributed by atoms with Crippen LogP contribution in [0.2, 0.25) is 0 Å². The number of aromatic nitrogens is 2. The minimum Gasteiger partial charge on any atom is -0.334 e. The van der Waals surface area contributed by atoms with Gasteiger partial charge in [0.15, 0.2) is 5.82 Å². The molecule has 0 fully saturated rings. The van der Waals surface area contributed by atoms with Gasteiger partial charge in [-0.25, -0.2) is 0 Å². The van der Waals surface area contributed by atoms with Crippen LogP contribution in [0, 0.1) is 10.1 Å². The average Bonchev–Trinajstić information content (AvgIpc) is 2.87. The first kappa shape index (κ1) is 16.1. The van der Waals surface area contributed by atoms with Crippen LogP contribution in [0.25, 0.3) is 11.5 Å². The lowest BCUT2D eigenvalue weighted by molar-refractivity contribution is -0.384. The molecule has 1 aromatic heterocycles. The molecular formula is C12H15ClN4O3. The van der Waals surface area contributed by atoms with Crippen molar-refractivity contribution in [2.24, 2.45) is 0 Å². The molecule has 1 N–H and O–H groups in total. The van der Waals surface area contributed by atoms with Gasteiger partial charge in [0.1, 0.15) is 0 Å². The maximum Gasteiger partial charge on any atom is 0.270 e. The van der Waals surface area contributed by atoms with Crippen molar-refractivity contribution >= 4 is 18.1 Å². The fraction of sp³-hybridized carbons (Fsp3) is 0.333. The molecule has 20 heavy (non-hydrogen) atoms. The molecule has 0 aliphatic heterocycles. The van der Waals surface area contributed by atoms with E-state index < -0.39 is 4.92 Å². The lowest BCUT2D eigenvalue weighted by atomic mass is 10.2. The number of nitrogens with zero attached hydrogens (tertiary/aromatic N) is 3. The first-order valence-electron chi connectivity index (χ1n) is 5.85. The van der Waals surface area contributed by atoms with Crippen LogP contribution in [0.5, 0.6) is 0 Å². The highest BCUT2D eigenvalue weighted by Gasteiger charge is 2.13. The monoisotopic (exact) mass is 298 g/mol. The van der Waals surface area contributed by atoms with Gasteiger partial charge in [0.05, 0.1) is 4.92 Å². The van der Waals surface area contributed by atoms with Gasteiger partial charge in [-0.1, -0.05) is 11.2 Å². The summed E-state index contributed by atoms with van der Waals surface area (Å²) in [6.45, 7) is 2.00. The molecular weight excluding hydrogens is 284 g/mol. The first-order valence-corrected chi connectivity index (χ1v) is 5.85. The van der Waals surface area contributed by atoms with Gasteiger partial charge in [-0.2, -0.15) is 4.98 Å². The quantitative estimate of drug-likeness (QED) is 0.672. The number of halogens is 1. The Hall–Kier alpha value is -1.99. The van der Waals surface area contributed by atoms with E-state index in [1.807, 2.05) is 14.0 Å². The van der Waals surface area contributed by atoms with Crippen molar-refractivity contribution in [1.82, 2.24) is 15.5 Å². The Balaban J connectivity index is 0.00000200. The third-order valence-corrected chi connectivity index (χ3v) is 2.75. The zero-order valence-corrected chi connectivity index (χ0v) is 11.9. The predicted molar refractivity (Wildman–Crippen MR) is 75.9 cm³/mol. The molecule has 2 aromatic rings. The Labute approximate surface area is 121 Å². The number of rotatable bonds is 5. The Morgan fingerprint density at radius 1 is 1.50 bits per heavy atom. The smallest absolute Gasteiger partial charge is 0.270 e. The molecule has 0 spiro atoms. The van der Waals surface area contributed by atoms with Crippen LogP contribution in [-0.2, 0) is 6.42 Å². The van der Waals surface area contributed by atoms with E-state index in [2.05, 4.69) is 15.5 Å². The van der Waals surface area contributed by atoms with Crippen LogP contribution in [0.15, 0.2) is 28.8 Å². The summed E-state index contributed by atoms with van der Waals surface area (Å²) in [6.07, 6.45) is 0.634. The molecule has 0 aliphatic carbocycles. The van der Waals surface area contributed by atoms with E-state index in [-0.39, 0.29) is 24.1 Å². The van der Waals surface area contributed by atoms with Crippen LogP contribution in [0.3, 0.4) is 0 Å². The van der Waals surface area contributed by atoms with E-state index in [1.54, 1.807) is 12.1 Å². The van der Waals surface area contributed by atoms with Gasteiger partial charge >= 0.3 is 0 Å². The summed E-state index contributed by atoms with van der Waals surface area (Å²) in [5.74, 6) is 0.866. The molecule has 0 bridgehead atoms. The van der Waals surface area contributed by atoms with Crippen molar-refractivity contribution in [2.45, 2.75) is 19.4 Å². The number of nitro benzene ring substituents is 1. The van der Waals surface area contributed by atoms with Crippen molar-refractivity contribution in [3.8, 4) is 11.5 Å². The third-order valence-electron chi connectivity index (χ3n) is 2.75. The largest absolute Gasteiger partial charge is 0.334 e. The number of benzene rings is 1. The Bertz CT molecular complexity index is 588. The van der Waals surface area contributed by atoms with E-state index in [1.165, 1.54) is 12.1 Å². The predicted octanol–water partition coefficient (Wildman–Crippen LogP) is 2.22. The van der Waals surface area contributed by atoms with Gasteiger partial charge in [-0.15, -0.1) is 12.4 Å². The molecule has 108 valence electrons. The highest BCUT2D eigenvalue weighted by molar-refractivity contribution is 5.85. The molecule has 0 saturated carbocycles. The fourth-order valence-corrected chi connectivity index (χ4v) is 1.58. The second kappa shape index (κ2) is 6.97. The average molecular weight is 299 g/mol. The molecule has 8 heteroatoms. The van der Waals surface area contributed by atoms with Crippen LogP contribution in [0.1, 0.15) is 12.7 Å². The van der Waals surface area contributed by atoms with Crippen molar-refractivity contribution < 1.29 is 9.45 Å². The maximum atomic E-state index is 10.7. The van der Waals surface area contributed by atoms with Crippen molar-refractivity contribution in [2.75, 3.05) is 7.05 Å². The molecule has 0 radical (unpaired) electrons. The van der Waals surface area contributed by atoms with Crippen molar-refractivity contribution in [3.63, 3.8) is 0 Å². The van der Waals surface area contributed by atoms with E-state index in [0.29, 0.717) is 23.7 Å². The summed E-state index contributed by atoms with van der Waals surface area (Å²) in [5.41, 5.74) is 0.547. The molecule has 1 heterocycles. The van der Waals surface area contributed by atoms with Crippen molar-refractivity contribution in [3.05, 3.63) is 40.2 Å². The first-order chi connectivity index (χ1) is 9.10. The molecule has 0 aliphatic rings. The fourth-order valence-electron chi connectivity index (χ4n) is 1.58. The third kappa shape index (κ3) is 3.75. The molecule has 0 amide bonds. The number of hydrogen-bond acceptors (Lipinski definition) is 6. The highest BCUT2D eigenvalue weighted by atomic mass is 35.5. The van der Waals surface area contributed by atoms with Crippen LogP contribution in [-0.4, -0.2) is 28.2 Å². The minimum atomic E-state index is -0.455. The SMILES string of the molecule is CNC(C)Cc1noc(-c2cccc([N+](=O)[O-])c2)n1.Cl. The molecule has 1 atom stereocenters. The molecule has 0 saturated heterocycles. The minimum absolute atomic E-state index is 0. The topological polar surface area (TPSA) is 94.1 Å². The summed E-state index contributed by atoms with van der Waals surface area (Å²) in [7, 11) is 1.85. The standard InChI is InChI=1S/C12H14N4O3.ClH/c1-8(13-2)6-11-14-12(19-15-11)9-4-3-5-10(7-9)16(17)18;/h3-5,7-8,13H,6H2,1-2H3;1H. The Morgan fingerprint density at radius 2 is 2.25 bits per heavy atom. The second-order valence-electron chi connectivity index (χ2n) is 4.22. The molecule has 7 nitrogen and oxygen atoms in total. The normalized spacial score (nSPS) is 11.7. The van der Waals surface area contributed by atoms with Gasteiger partial charge in [-0.3, -0.25) is 10.1 Å². The molecule has 2 rings (SSSR count). The molecule has 1 aromatic carbocycles.